The van der Waals surface area contributed by atoms with Gasteiger partial charge in [0, 0.05) is 13.1 Å². The highest BCUT2D eigenvalue weighted by Crippen LogP contribution is 2.48. The minimum atomic E-state index is 0.607. The molecule has 3 nitrogen and oxygen atoms in total. The standard InChI is InChI=1S/C18H27N3/c1-3-9-18(10-11-18)14-19-13-17-20-15-7-5-6-8-16(15)21(17)12-4-2/h5-8,19H,3-4,9-14H2,1-2H3. The lowest BCUT2D eigenvalue weighted by Crippen LogP contribution is -2.25. The normalized spacial score (nSPS) is 16.5. The Balaban J connectivity index is 1.70. The second kappa shape index (κ2) is 6.18. The average Bonchev–Trinajstić information content (AvgIpc) is 3.16. The number of para-hydroxylation sites is 2. The summed E-state index contributed by atoms with van der Waals surface area (Å²) in [4.78, 5) is 4.82. The number of aryl methyl sites for hydroxylation is 1. The Morgan fingerprint density at radius 2 is 2.00 bits per heavy atom. The Kier molecular flexibility index (Phi) is 4.29. The summed E-state index contributed by atoms with van der Waals surface area (Å²) in [5.74, 6) is 1.19. The molecule has 3 heteroatoms. The molecule has 0 saturated heterocycles. The largest absolute Gasteiger partial charge is 0.327 e. The molecule has 3 rings (SSSR count). The number of hydrogen-bond donors (Lipinski definition) is 1. The van der Waals surface area contributed by atoms with E-state index in [0.29, 0.717) is 5.41 Å². The third-order valence-electron chi connectivity index (χ3n) is 4.70. The van der Waals surface area contributed by atoms with Gasteiger partial charge in [-0.1, -0.05) is 32.4 Å². The molecule has 0 amide bonds. The summed E-state index contributed by atoms with van der Waals surface area (Å²) in [5.41, 5.74) is 3.00. The van der Waals surface area contributed by atoms with E-state index in [1.165, 1.54) is 37.0 Å². The van der Waals surface area contributed by atoms with Gasteiger partial charge in [-0.3, -0.25) is 0 Å². The zero-order valence-corrected chi connectivity index (χ0v) is 13.4. The van der Waals surface area contributed by atoms with Gasteiger partial charge in [0.15, 0.2) is 0 Å². The van der Waals surface area contributed by atoms with Crippen LogP contribution in [0, 0.1) is 5.41 Å². The molecule has 1 fully saturated rings. The topological polar surface area (TPSA) is 29.9 Å². The van der Waals surface area contributed by atoms with Gasteiger partial charge in [0.2, 0.25) is 0 Å². The van der Waals surface area contributed by atoms with Gasteiger partial charge in [0.1, 0.15) is 5.82 Å². The first kappa shape index (κ1) is 14.6. The maximum atomic E-state index is 4.82. The van der Waals surface area contributed by atoms with Gasteiger partial charge < -0.3 is 9.88 Å². The summed E-state index contributed by atoms with van der Waals surface area (Å²) < 4.78 is 2.38. The number of nitrogens with zero attached hydrogens (tertiary/aromatic N) is 2. The van der Waals surface area contributed by atoms with Crippen molar-refractivity contribution in [3.8, 4) is 0 Å². The molecule has 1 aliphatic carbocycles. The molecule has 0 bridgehead atoms. The predicted molar refractivity (Wildman–Crippen MR) is 88.3 cm³/mol. The summed E-state index contributed by atoms with van der Waals surface area (Å²) in [6.45, 7) is 7.61. The van der Waals surface area contributed by atoms with Crippen molar-refractivity contribution in [2.45, 2.75) is 59.0 Å². The molecule has 1 aromatic carbocycles. The fourth-order valence-electron chi connectivity index (χ4n) is 3.40. The molecular weight excluding hydrogens is 258 g/mol. The van der Waals surface area contributed by atoms with Gasteiger partial charge in [-0.2, -0.15) is 0 Å². The summed E-state index contributed by atoms with van der Waals surface area (Å²) in [6, 6.07) is 8.47. The van der Waals surface area contributed by atoms with Crippen LogP contribution < -0.4 is 5.32 Å². The molecule has 0 radical (unpaired) electrons. The lowest BCUT2D eigenvalue weighted by Gasteiger charge is -2.15. The maximum absolute atomic E-state index is 4.82. The Morgan fingerprint density at radius 3 is 2.71 bits per heavy atom. The van der Waals surface area contributed by atoms with Gasteiger partial charge in [0.25, 0.3) is 0 Å². The quantitative estimate of drug-likeness (QED) is 0.791. The number of imidazole rings is 1. The first-order valence-electron chi connectivity index (χ1n) is 8.43. The summed E-state index contributed by atoms with van der Waals surface area (Å²) in [5, 5.41) is 3.67. The SMILES string of the molecule is CCCn1c(CNCC2(CCC)CC2)nc2ccccc21. The van der Waals surface area contributed by atoms with Crippen LogP contribution in [-0.4, -0.2) is 16.1 Å². The molecule has 21 heavy (non-hydrogen) atoms. The van der Waals surface area contributed by atoms with Gasteiger partial charge in [0.05, 0.1) is 17.6 Å². The van der Waals surface area contributed by atoms with Crippen LogP contribution in [0.1, 0.15) is 51.8 Å². The minimum absolute atomic E-state index is 0.607. The molecule has 0 unspecified atom stereocenters. The van der Waals surface area contributed by atoms with E-state index in [1.54, 1.807) is 0 Å². The number of hydrogen-bond acceptors (Lipinski definition) is 2. The van der Waals surface area contributed by atoms with Crippen LogP contribution in [-0.2, 0) is 13.1 Å². The average molecular weight is 285 g/mol. The van der Waals surface area contributed by atoms with Crippen LogP contribution in [0.15, 0.2) is 24.3 Å². The summed E-state index contributed by atoms with van der Waals surface area (Å²) in [6.07, 6.45) is 6.62. The van der Waals surface area contributed by atoms with Gasteiger partial charge >= 0.3 is 0 Å². The molecule has 0 spiro atoms. The molecule has 1 N–H and O–H groups in total. The highest BCUT2D eigenvalue weighted by Gasteiger charge is 2.40. The van der Waals surface area contributed by atoms with E-state index in [0.717, 1.165) is 31.6 Å². The first-order chi connectivity index (χ1) is 10.3. The summed E-state index contributed by atoms with van der Waals surface area (Å²) in [7, 11) is 0. The van der Waals surface area contributed by atoms with E-state index >= 15 is 0 Å². The Bertz CT molecular complexity index is 596. The van der Waals surface area contributed by atoms with Crippen LogP contribution in [0.2, 0.25) is 0 Å². The van der Waals surface area contributed by atoms with Crippen LogP contribution in [0.5, 0.6) is 0 Å². The van der Waals surface area contributed by atoms with Crippen LogP contribution in [0.25, 0.3) is 11.0 Å². The third kappa shape index (κ3) is 3.13. The van der Waals surface area contributed by atoms with Crippen LogP contribution >= 0.6 is 0 Å². The fourth-order valence-corrected chi connectivity index (χ4v) is 3.40. The van der Waals surface area contributed by atoms with Crippen molar-refractivity contribution in [3.05, 3.63) is 30.1 Å². The van der Waals surface area contributed by atoms with E-state index in [1.807, 2.05) is 0 Å². The molecule has 1 heterocycles. The van der Waals surface area contributed by atoms with E-state index in [2.05, 4.69) is 48.0 Å². The van der Waals surface area contributed by atoms with Gasteiger partial charge in [-0.05, 0) is 43.2 Å². The van der Waals surface area contributed by atoms with E-state index in [4.69, 9.17) is 4.98 Å². The number of fused-ring (bicyclic) bond motifs is 1. The maximum Gasteiger partial charge on any atom is 0.123 e. The van der Waals surface area contributed by atoms with Gasteiger partial charge in [-0.15, -0.1) is 0 Å². The predicted octanol–water partition coefficient (Wildman–Crippen LogP) is 4.12. The van der Waals surface area contributed by atoms with Crippen molar-refractivity contribution in [1.82, 2.24) is 14.9 Å². The molecule has 1 saturated carbocycles. The smallest absolute Gasteiger partial charge is 0.123 e. The molecule has 114 valence electrons. The van der Waals surface area contributed by atoms with E-state index in [9.17, 15) is 0 Å². The third-order valence-corrected chi connectivity index (χ3v) is 4.70. The number of benzene rings is 1. The molecule has 1 aliphatic rings. The lowest BCUT2D eigenvalue weighted by molar-refractivity contribution is 0.415. The van der Waals surface area contributed by atoms with Crippen molar-refractivity contribution in [3.63, 3.8) is 0 Å². The monoisotopic (exact) mass is 285 g/mol. The van der Waals surface area contributed by atoms with Crippen LogP contribution in [0.4, 0.5) is 0 Å². The second-order valence-electron chi connectivity index (χ2n) is 6.52. The first-order valence-corrected chi connectivity index (χ1v) is 8.43. The molecule has 0 aliphatic heterocycles. The molecule has 2 aromatic rings. The van der Waals surface area contributed by atoms with Crippen molar-refractivity contribution in [2.24, 2.45) is 5.41 Å². The van der Waals surface area contributed by atoms with Crippen LogP contribution in [0.3, 0.4) is 0 Å². The summed E-state index contributed by atoms with van der Waals surface area (Å²) >= 11 is 0. The lowest BCUT2D eigenvalue weighted by atomic mass is 10.0. The number of rotatable bonds is 8. The fraction of sp³-hybridized carbons (Fsp3) is 0.611. The highest BCUT2D eigenvalue weighted by atomic mass is 15.1. The van der Waals surface area contributed by atoms with Crippen molar-refractivity contribution in [2.75, 3.05) is 6.54 Å². The molecule has 1 aromatic heterocycles. The van der Waals surface area contributed by atoms with Crippen molar-refractivity contribution >= 4 is 11.0 Å². The zero-order valence-electron chi connectivity index (χ0n) is 13.4. The molecule has 0 atom stereocenters. The Hall–Kier alpha value is -1.35. The molecular formula is C18H27N3. The Labute approximate surface area is 127 Å². The van der Waals surface area contributed by atoms with Crippen molar-refractivity contribution < 1.29 is 0 Å². The van der Waals surface area contributed by atoms with E-state index < -0.39 is 0 Å². The highest BCUT2D eigenvalue weighted by molar-refractivity contribution is 5.75. The van der Waals surface area contributed by atoms with E-state index in [-0.39, 0.29) is 0 Å². The number of aromatic nitrogens is 2. The second-order valence-corrected chi connectivity index (χ2v) is 6.52. The van der Waals surface area contributed by atoms with Gasteiger partial charge in [-0.25, -0.2) is 4.98 Å². The zero-order chi connectivity index (χ0) is 14.7. The Morgan fingerprint density at radius 1 is 1.19 bits per heavy atom. The van der Waals surface area contributed by atoms with Crippen molar-refractivity contribution in [1.29, 1.82) is 0 Å². The minimum Gasteiger partial charge on any atom is -0.327 e. The number of nitrogens with one attached hydrogen (secondary N) is 1.